The number of thioether (sulfide) groups is 1. The van der Waals surface area contributed by atoms with Crippen molar-refractivity contribution in [3.05, 3.63) is 32.6 Å². The topological polar surface area (TPSA) is 73.8 Å². The fraction of sp³-hybridized carbons (Fsp3) is 0.471. The van der Waals surface area contributed by atoms with Crippen molar-refractivity contribution >= 4 is 44.9 Å². The van der Waals surface area contributed by atoms with Crippen LogP contribution >= 0.6 is 39.0 Å². The minimum atomic E-state index is -0.204. The van der Waals surface area contributed by atoms with Crippen LogP contribution in [0.1, 0.15) is 15.4 Å². The van der Waals surface area contributed by atoms with Gasteiger partial charge in [-0.3, -0.25) is 4.79 Å². The summed E-state index contributed by atoms with van der Waals surface area (Å²) in [5.74, 6) is 0.503. The molecule has 146 valence electrons. The highest BCUT2D eigenvalue weighted by Crippen LogP contribution is 2.24. The maximum absolute atomic E-state index is 12.6. The smallest absolute Gasteiger partial charge is 0.264 e. The summed E-state index contributed by atoms with van der Waals surface area (Å²) in [5.41, 5.74) is 0.761. The molecule has 7 nitrogen and oxygen atoms in total. The van der Waals surface area contributed by atoms with Gasteiger partial charge in [0.25, 0.3) is 5.91 Å². The lowest BCUT2D eigenvalue weighted by Crippen LogP contribution is -2.47. The van der Waals surface area contributed by atoms with E-state index in [9.17, 15) is 4.79 Å². The van der Waals surface area contributed by atoms with E-state index in [1.807, 2.05) is 18.4 Å². The number of hydrogen-bond donors (Lipinski definition) is 0. The summed E-state index contributed by atoms with van der Waals surface area (Å²) in [4.78, 5) is 23.9. The van der Waals surface area contributed by atoms with Gasteiger partial charge >= 0.3 is 0 Å². The van der Waals surface area contributed by atoms with E-state index < -0.39 is 0 Å². The maximum Gasteiger partial charge on any atom is 0.264 e. The molecular weight excluding hydrogens is 454 g/mol. The minimum Gasteiger partial charge on any atom is -0.475 e. The molecular formula is C17H20BrN3O4S2. The Morgan fingerprint density at radius 1 is 1.48 bits per heavy atom. The molecule has 1 aliphatic rings. The molecule has 0 saturated carbocycles. The molecule has 1 amide bonds. The molecule has 1 atom stereocenters. The molecule has 2 aromatic heterocycles. The van der Waals surface area contributed by atoms with Crippen LogP contribution in [-0.4, -0.2) is 66.5 Å². The Morgan fingerprint density at radius 3 is 3.04 bits per heavy atom. The molecule has 1 fully saturated rings. The molecule has 0 aromatic carbocycles. The van der Waals surface area contributed by atoms with Gasteiger partial charge in [0.1, 0.15) is 12.7 Å². The largest absolute Gasteiger partial charge is 0.475 e. The molecule has 0 radical (unpaired) electrons. The van der Waals surface area contributed by atoms with E-state index in [2.05, 4.69) is 25.9 Å². The molecule has 27 heavy (non-hydrogen) atoms. The Morgan fingerprint density at radius 2 is 2.33 bits per heavy atom. The van der Waals surface area contributed by atoms with E-state index in [4.69, 9.17) is 14.2 Å². The predicted octanol–water partition coefficient (Wildman–Crippen LogP) is 3.09. The molecule has 3 heterocycles. The fourth-order valence-electron chi connectivity index (χ4n) is 2.60. The average molecular weight is 474 g/mol. The molecule has 10 heteroatoms. The summed E-state index contributed by atoms with van der Waals surface area (Å²) in [5, 5.41) is 0.629. The van der Waals surface area contributed by atoms with Crippen molar-refractivity contribution in [2.24, 2.45) is 0 Å². The normalized spacial score (nSPS) is 17.1. The SMILES string of the molecule is COCc1cc(OCC2CN(C(=O)c3ccc(Br)s3)CCO2)nc(SC)n1. The van der Waals surface area contributed by atoms with Crippen LogP contribution in [0.25, 0.3) is 0 Å². The van der Waals surface area contributed by atoms with Gasteiger partial charge in [-0.2, -0.15) is 4.98 Å². The van der Waals surface area contributed by atoms with Gasteiger partial charge in [-0.1, -0.05) is 11.8 Å². The number of ether oxygens (including phenoxy) is 3. The number of carbonyl (C=O) groups excluding carboxylic acids is 1. The first-order valence-electron chi connectivity index (χ1n) is 8.29. The van der Waals surface area contributed by atoms with Crippen molar-refractivity contribution < 1.29 is 19.0 Å². The lowest BCUT2D eigenvalue weighted by atomic mass is 10.2. The average Bonchev–Trinajstić information content (AvgIpc) is 3.12. The number of methoxy groups -OCH3 is 1. The number of rotatable bonds is 7. The van der Waals surface area contributed by atoms with Crippen LogP contribution in [0, 0.1) is 0 Å². The van der Waals surface area contributed by atoms with Gasteiger partial charge in [0.2, 0.25) is 5.88 Å². The van der Waals surface area contributed by atoms with Crippen LogP contribution in [0.5, 0.6) is 5.88 Å². The molecule has 1 aliphatic heterocycles. The predicted molar refractivity (Wildman–Crippen MR) is 108 cm³/mol. The number of thiophene rings is 1. The van der Waals surface area contributed by atoms with Crippen molar-refractivity contribution in [3.8, 4) is 5.88 Å². The Bertz CT molecular complexity index is 789. The Hall–Kier alpha value is -1.20. The zero-order valence-electron chi connectivity index (χ0n) is 15.0. The van der Waals surface area contributed by atoms with E-state index in [1.54, 1.807) is 18.1 Å². The van der Waals surface area contributed by atoms with Gasteiger partial charge in [-0.05, 0) is 34.3 Å². The van der Waals surface area contributed by atoms with Crippen molar-refractivity contribution in [1.82, 2.24) is 14.9 Å². The van der Waals surface area contributed by atoms with E-state index in [-0.39, 0.29) is 12.0 Å². The number of aromatic nitrogens is 2. The van der Waals surface area contributed by atoms with Crippen molar-refractivity contribution in [2.45, 2.75) is 17.9 Å². The Labute approximate surface area is 174 Å². The third-order valence-electron chi connectivity index (χ3n) is 3.84. The van der Waals surface area contributed by atoms with Gasteiger partial charge in [-0.15, -0.1) is 11.3 Å². The second-order valence-electron chi connectivity index (χ2n) is 5.78. The van der Waals surface area contributed by atoms with Gasteiger partial charge in [-0.25, -0.2) is 4.98 Å². The van der Waals surface area contributed by atoms with Gasteiger partial charge in [0.05, 0.1) is 34.1 Å². The number of amides is 1. The van der Waals surface area contributed by atoms with Crippen LogP contribution in [0.4, 0.5) is 0 Å². The third kappa shape index (κ3) is 5.64. The number of morpholine rings is 1. The summed E-state index contributed by atoms with van der Waals surface area (Å²) >= 11 is 6.27. The summed E-state index contributed by atoms with van der Waals surface area (Å²) in [6.07, 6.45) is 1.71. The van der Waals surface area contributed by atoms with E-state index in [1.165, 1.54) is 23.1 Å². The molecule has 2 aromatic rings. The molecule has 0 N–H and O–H groups in total. The standard InChI is InChI=1S/C17H20BrN3O4S2/c1-23-9-11-7-15(20-17(19-11)26-2)25-10-12-8-21(5-6-24-12)16(22)13-3-4-14(18)27-13/h3-4,7,12H,5-6,8-10H2,1-2H3. The Balaban J connectivity index is 1.59. The van der Waals surface area contributed by atoms with Crippen LogP contribution < -0.4 is 4.74 Å². The summed E-state index contributed by atoms with van der Waals surface area (Å²) in [6, 6.07) is 5.48. The monoisotopic (exact) mass is 473 g/mol. The van der Waals surface area contributed by atoms with Crippen molar-refractivity contribution in [3.63, 3.8) is 0 Å². The minimum absolute atomic E-state index is 0.0214. The molecule has 0 bridgehead atoms. The highest BCUT2D eigenvalue weighted by Gasteiger charge is 2.26. The fourth-order valence-corrected chi connectivity index (χ4v) is 4.35. The lowest BCUT2D eigenvalue weighted by molar-refractivity contribution is -0.0407. The first-order valence-corrected chi connectivity index (χ1v) is 11.1. The van der Waals surface area contributed by atoms with Crippen LogP contribution in [0.15, 0.2) is 27.1 Å². The van der Waals surface area contributed by atoms with Crippen LogP contribution in [0.3, 0.4) is 0 Å². The number of nitrogens with zero attached hydrogens (tertiary/aromatic N) is 3. The van der Waals surface area contributed by atoms with Crippen molar-refractivity contribution in [2.75, 3.05) is 39.7 Å². The summed E-state index contributed by atoms with van der Waals surface area (Å²) < 4.78 is 17.7. The van der Waals surface area contributed by atoms with E-state index in [0.717, 1.165) is 9.48 Å². The second kappa shape index (κ2) is 9.83. The lowest BCUT2D eigenvalue weighted by Gasteiger charge is -2.32. The zero-order valence-corrected chi connectivity index (χ0v) is 18.2. The first-order chi connectivity index (χ1) is 13.1. The summed E-state index contributed by atoms with van der Waals surface area (Å²) in [6.45, 7) is 2.26. The van der Waals surface area contributed by atoms with Crippen LogP contribution in [-0.2, 0) is 16.1 Å². The van der Waals surface area contributed by atoms with Crippen molar-refractivity contribution in [1.29, 1.82) is 0 Å². The Kier molecular flexibility index (Phi) is 7.48. The number of hydrogen-bond acceptors (Lipinski definition) is 8. The summed E-state index contributed by atoms with van der Waals surface area (Å²) in [7, 11) is 1.62. The molecule has 0 spiro atoms. The maximum atomic E-state index is 12.6. The quantitative estimate of drug-likeness (QED) is 0.451. The number of carbonyl (C=O) groups is 1. The highest BCUT2D eigenvalue weighted by atomic mass is 79.9. The van der Waals surface area contributed by atoms with Gasteiger partial charge < -0.3 is 19.1 Å². The second-order valence-corrected chi connectivity index (χ2v) is 9.01. The van der Waals surface area contributed by atoms with Crippen LogP contribution in [0.2, 0.25) is 0 Å². The van der Waals surface area contributed by atoms with Gasteiger partial charge in [0.15, 0.2) is 5.16 Å². The number of halogens is 1. The van der Waals surface area contributed by atoms with E-state index >= 15 is 0 Å². The molecule has 1 unspecified atom stereocenters. The zero-order chi connectivity index (χ0) is 19.2. The van der Waals surface area contributed by atoms with Gasteiger partial charge in [0, 0.05) is 19.7 Å². The van der Waals surface area contributed by atoms with E-state index in [0.29, 0.717) is 48.8 Å². The molecule has 1 saturated heterocycles. The highest BCUT2D eigenvalue weighted by molar-refractivity contribution is 9.11. The molecule has 0 aliphatic carbocycles. The third-order valence-corrected chi connectivity index (χ3v) is 6.00. The first kappa shape index (κ1) is 20.5. The molecule has 3 rings (SSSR count).